The summed E-state index contributed by atoms with van der Waals surface area (Å²) in [6.07, 6.45) is 0.668. The first-order valence-electron chi connectivity index (χ1n) is 6.84. The van der Waals surface area contributed by atoms with Crippen molar-refractivity contribution in [2.24, 2.45) is 0 Å². The van der Waals surface area contributed by atoms with Gasteiger partial charge < -0.3 is 4.74 Å². The van der Waals surface area contributed by atoms with Gasteiger partial charge >= 0.3 is 0 Å². The number of amides is 2. The van der Waals surface area contributed by atoms with Gasteiger partial charge in [-0.05, 0) is 32.4 Å². The summed E-state index contributed by atoms with van der Waals surface area (Å²) in [5.74, 6) is -0.0870. The van der Waals surface area contributed by atoms with E-state index in [0.29, 0.717) is 12.2 Å². The third kappa shape index (κ3) is 4.73. The van der Waals surface area contributed by atoms with Crippen molar-refractivity contribution in [3.8, 4) is 5.75 Å². The molecule has 7 heteroatoms. The molecule has 4 N–H and O–H groups in total. The van der Waals surface area contributed by atoms with Crippen molar-refractivity contribution in [2.45, 2.75) is 32.4 Å². The molecular weight excluding hydrogens is 272 g/mol. The summed E-state index contributed by atoms with van der Waals surface area (Å²) in [7, 11) is 0. The molecule has 0 saturated carbocycles. The van der Waals surface area contributed by atoms with Crippen LogP contribution in [0.4, 0.5) is 0 Å². The largest absolute Gasteiger partial charge is 0.484 e. The van der Waals surface area contributed by atoms with Crippen molar-refractivity contribution in [3.05, 3.63) is 29.8 Å². The van der Waals surface area contributed by atoms with Crippen molar-refractivity contribution < 1.29 is 14.3 Å². The van der Waals surface area contributed by atoms with E-state index in [1.54, 1.807) is 12.1 Å². The fourth-order valence-corrected chi connectivity index (χ4v) is 1.92. The maximum absolute atomic E-state index is 11.7. The Hall–Kier alpha value is -2.12. The summed E-state index contributed by atoms with van der Waals surface area (Å²) in [6.45, 7) is 3.78. The van der Waals surface area contributed by atoms with E-state index < -0.39 is 5.91 Å². The molecule has 1 saturated heterocycles. The van der Waals surface area contributed by atoms with Gasteiger partial charge in [-0.25, -0.2) is 5.43 Å². The van der Waals surface area contributed by atoms with Crippen molar-refractivity contribution >= 4 is 11.8 Å². The van der Waals surface area contributed by atoms with Gasteiger partial charge in [0.05, 0.1) is 0 Å². The van der Waals surface area contributed by atoms with Gasteiger partial charge in [-0.3, -0.25) is 25.9 Å². The Bertz CT molecular complexity index is 503. The van der Waals surface area contributed by atoms with Gasteiger partial charge in [0.2, 0.25) is 0 Å². The summed E-state index contributed by atoms with van der Waals surface area (Å²) in [5.41, 5.74) is 11.6. The lowest BCUT2D eigenvalue weighted by atomic mass is 10.1. The number of benzene rings is 1. The molecule has 0 bridgehead atoms. The van der Waals surface area contributed by atoms with Crippen LogP contribution in [-0.4, -0.2) is 30.5 Å². The van der Waals surface area contributed by atoms with Gasteiger partial charge in [0, 0.05) is 6.04 Å². The van der Waals surface area contributed by atoms with Crippen LogP contribution in [0.25, 0.3) is 0 Å². The van der Waals surface area contributed by atoms with E-state index in [1.807, 2.05) is 26.0 Å². The van der Waals surface area contributed by atoms with E-state index in [2.05, 4.69) is 21.7 Å². The molecule has 1 aliphatic heterocycles. The molecule has 0 aliphatic carbocycles. The second-order valence-electron chi connectivity index (χ2n) is 5.12. The minimum absolute atomic E-state index is 0.157. The minimum Gasteiger partial charge on any atom is -0.484 e. The molecule has 2 unspecified atom stereocenters. The molecule has 2 rings (SSSR count). The third-order valence-corrected chi connectivity index (χ3v) is 3.13. The summed E-state index contributed by atoms with van der Waals surface area (Å²) in [6, 6.07) is 7.25. The Kier molecular flexibility index (Phi) is 5.13. The molecule has 1 aliphatic rings. The number of carbonyl (C=O) groups excluding carboxylic acids is 2. The number of hydrogen-bond acceptors (Lipinski definition) is 5. The standard InChI is InChI=1S/C14H20N4O3/c1-9-3-5-11(6-4-9)21-8-13(19)17-18-14(20)12-7-10(2)15-16-12/h3-6,10,12,15-16H,7-8H2,1-2H3,(H,17,19)(H,18,20). The molecule has 1 fully saturated rings. The third-order valence-electron chi connectivity index (χ3n) is 3.13. The second kappa shape index (κ2) is 7.05. The van der Waals surface area contributed by atoms with Gasteiger partial charge in [-0.1, -0.05) is 17.7 Å². The van der Waals surface area contributed by atoms with Crippen LogP contribution in [0.5, 0.6) is 5.75 Å². The van der Waals surface area contributed by atoms with Gasteiger partial charge in [-0.2, -0.15) is 0 Å². The average Bonchev–Trinajstić information content (AvgIpc) is 2.91. The molecule has 0 spiro atoms. The van der Waals surface area contributed by atoms with Crippen molar-refractivity contribution in [2.75, 3.05) is 6.61 Å². The molecule has 114 valence electrons. The highest BCUT2D eigenvalue weighted by Crippen LogP contribution is 2.10. The Morgan fingerprint density at radius 1 is 1.24 bits per heavy atom. The van der Waals surface area contributed by atoms with E-state index in [0.717, 1.165) is 5.56 Å². The number of carbonyl (C=O) groups is 2. The molecule has 1 aromatic carbocycles. The maximum Gasteiger partial charge on any atom is 0.276 e. The molecule has 1 aromatic rings. The minimum atomic E-state index is -0.414. The highest BCUT2D eigenvalue weighted by Gasteiger charge is 2.26. The van der Waals surface area contributed by atoms with E-state index >= 15 is 0 Å². The number of rotatable bonds is 4. The van der Waals surface area contributed by atoms with Crippen LogP contribution in [0.3, 0.4) is 0 Å². The van der Waals surface area contributed by atoms with Crippen molar-refractivity contribution in [1.29, 1.82) is 0 Å². The zero-order valence-electron chi connectivity index (χ0n) is 12.1. The smallest absolute Gasteiger partial charge is 0.276 e. The predicted molar refractivity (Wildman–Crippen MR) is 77.1 cm³/mol. The lowest BCUT2D eigenvalue weighted by Gasteiger charge is -2.12. The van der Waals surface area contributed by atoms with Gasteiger partial charge in [0.1, 0.15) is 11.8 Å². The van der Waals surface area contributed by atoms with Gasteiger partial charge in [-0.15, -0.1) is 0 Å². The number of nitrogens with one attached hydrogen (secondary N) is 4. The van der Waals surface area contributed by atoms with Gasteiger partial charge in [0.15, 0.2) is 6.61 Å². The average molecular weight is 292 g/mol. The van der Waals surface area contributed by atoms with Crippen LogP contribution in [0, 0.1) is 6.92 Å². The highest BCUT2D eigenvalue weighted by atomic mass is 16.5. The van der Waals surface area contributed by atoms with Crippen molar-refractivity contribution in [3.63, 3.8) is 0 Å². The SMILES string of the molecule is Cc1ccc(OCC(=O)NNC(=O)C2CC(C)NN2)cc1. The Morgan fingerprint density at radius 2 is 1.95 bits per heavy atom. The molecule has 21 heavy (non-hydrogen) atoms. The Labute approximate surface area is 123 Å². The molecule has 0 radical (unpaired) electrons. The fraction of sp³-hybridized carbons (Fsp3) is 0.429. The summed E-state index contributed by atoms with van der Waals surface area (Å²) >= 11 is 0. The Balaban J connectivity index is 1.67. The van der Waals surface area contributed by atoms with E-state index in [9.17, 15) is 9.59 Å². The zero-order chi connectivity index (χ0) is 15.2. The maximum atomic E-state index is 11.7. The predicted octanol–water partition coefficient (Wildman–Crippen LogP) is -0.224. The first-order chi connectivity index (χ1) is 10.0. The summed E-state index contributed by atoms with van der Waals surface area (Å²) < 4.78 is 5.31. The molecule has 2 amide bonds. The normalized spacial score (nSPS) is 20.9. The van der Waals surface area contributed by atoms with Crippen LogP contribution in [0.15, 0.2) is 24.3 Å². The number of hydrogen-bond donors (Lipinski definition) is 4. The van der Waals surface area contributed by atoms with Crippen LogP contribution in [0.2, 0.25) is 0 Å². The highest BCUT2D eigenvalue weighted by molar-refractivity contribution is 5.85. The number of aryl methyl sites for hydroxylation is 1. The summed E-state index contributed by atoms with van der Waals surface area (Å²) in [5, 5.41) is 0. The van der Waals surface area contributed by atoms with Crippen LogP contribution >= 0.6 is 0 Å². The Morgan fingerprint density at radius 3 is 2.57 bits per heavy atom. The summed E-state index contributed by atoms with van der Waals surface area (Å²) in [4.78, 5) is 23.3. The fourth-order valence-electron chi connectivity index (χ4n) is 1.92. The number of ether oxygens (including phenoxy) is 1. The number of hydrazine groups is 2. The topological polar surface area (TPSA) is 91.5 Å². The lowest BCUT2D eigenvalue weighted by Crippen LogP contribution is -2.51. The molecule has 2 atom stereocenters. The molecule has 0 aromatic heterocycles. The molecule has 1 heterocycles. The first-order valence-corrected chi connectivity index (χ1v) is 6.84. The van der Waals surface area contributed by atoms with Crippen LogP contribution in [-0.2, 0) is 9.59 Å². The molecular formula is C14H20N4O3. The monoisotopic (exact) mass is 292 g/mol. The van der Waals surface area contributed by atoms with Crippen LogP contribution < -0.4 is 26.4 Å². The zero-order valence-corrected chi connectivity index (χ0v) is 12.1. The van der Waals surface area contributed by atoms with Crippen LogP contribution in [0.1, 0.15) is 18.9 Å². The van der Waals surface area contributed by atoms with E-state index in [1.165, 1.54) is 0 Å². The van der Waals surface area contributed by atoms with E-state index in [4.69, 9.17) is 4.74 Å². The van der Waals surface area contributed by atoms with E-state index in [-0.39, 0.29) is 24.6 Å². The second-order valence-corrected chi connectivity index (χ2v) is 5.12. The quantitative estimate of drug-likeness (QED) is 0.576. The molecule has 7 nitrogen and oxygen atoms in total. The first kappa shape index (κ1) is 15.3. The lowest BCUT2D eigenvalue weighted by molar-refractivity contribution is -0.130. The van der Waals surface area contributed by atoms with Gasteiger partial charge in [0.25, 0.3) is 11.8 Å². The van der Waals surface area contributed by atoms with Crippen molar-refractivity contribution in [1.82, 2.24) is 21.7 Å².